The number of phenols is 3. The fourth-order valence-corrected chi connectivity index (χ4v) is 4.38. The molecular weight excluding hydrogens is 738 g/mol. The molecule has 300 valence electrons. The van der Waals surface area contributed by atoms with Crippen LogP contribution in [0.4, 0.5) is 65.6 Å². The first-order valence-electron chi connectivity index (χ1n) is 17.4. The number of hydrogen-bond acceptors (Lipinski definition) is 15. The number of azo groups is 3. The van der Waals surface area contributed by atoms with E-state index in [9.17, 15) is 29.7 Å². The molecule has 0 aromatic heterocycles. The zero-order chi connectivity index (χ0) is 42.1. The van der Waals surface area contributed by atoms with Crippen molar-refractivity contribution in [1.29, 1.82) is 0 Å². The molecule has 18 nitrogen and oxygen atoms in total. The molecule has 0 aliphatic heterocycles. The third-order valence-corrected chi connectivity index (χ3v) is 6.68. The summed E-state index contributed by atoms with van der Waals surface area (Å²) in [4.78, 5) is 36.4. The predicted molar refractivity (Wildman–Crippen MR) is 213 cm³/mol. The Bertz CT molecular complexity index is 1900. The highest BCUT2D eigenvalue weighted by atomic mass is 16.6. The van der Waals surface area contributed by atoms with E-state index in [-0.39, 0.29) is 17.1 Å². The summed E-state index contributed by atoms with van der Waals surface area (Å²) in [6.45, 7) is 15.6. The van der Waals surface area contributed by atoms with Gasteiger partial charge in [0, 0.05) is 17.1 Å². The molecule has 0 unspecified atom stereocenters. The number of carbonyl (C=O) groups is 3. The van der Waals surface area contributed by atoms with E-state index >= 15 is 0 Å². The van der Waals surface area contributed by atoms with Gasteiger partial charge in [-0.3, -0.25) is 16.0 Å². The lowest BCUT2D eigenvalue weighted by molar-refractivity contribution is 0.0624. The Kier molecular flexibility index (Phi) is 13.1. The van der Waals surface area contributed by atoms with Crippen molar-refractivity contribution in [3.63, 3.8) is 0 Å². The maximum atomic E-state index is 12.1. The first-order chi connectivity index (χ1) is 26.5. The van der Waals surface area contributed by atoms with Gasteiger partial charge in [-0.15, -0.1) is 15.3 Å². The summed E-state index contributed by atoms with van der Waals surface area (Å²) in [5, 5.41) is 65.7. The Morgan fingerprint density at radius 1 is 0.404 bits per heavy atom. The van der Waals surface area contributed by atoms with Crippen molar-refractivity contribution in [2.24, 2.45) is 30.7 Å². The molecule has 0 saturated heterocycles. The minimum Gasteiger partial charge on any atom is -0.504 e. The molecule has 0 saturated carbocycles. The van der Waals surface area contributed by atoms with Crippen LogP contribution in [0.15, 0.2) is 103 Å². The molecule has 0 heterocycles. The van der Waals surface area contributed by atoms with Crippen LogP contribution in [-0.4, -0.2) is 50.4 Å². The summed E-state index contributed by atoms with van der Waals surface area (Å²) >= 11 is 0. The topological polar surface area (TPSA) is 250 Å². The Morgan fingerprint density at radius 2 is 0.614 bits per heavy atom. The lowest BCUT2D eigenvalue weighted by Gasteiger charge is -2.19. The number of phenolic OH excluding ortho intramolecular Hbond substituents is 3. The highest BCUT2D eigenvalue weighted by molar-refractivity contribution is 5.88. The highest BCUT2D eigenvalue weighted by Crippen LogP contribution is 2.57. The molecule has 3 amide bonds. The number of ether oxygens (including phenoxy) is 3. The molecule has 0 atom stereocenters. The number of nitrogens with one attached hydrogen (secondary N) is 3. The number of aromatic hydroxyl groups is 3. The van der Waals surface area contributed by atoms with Gasteiger partial charge >= 0.3 is 18.3 Å². The van der Waals surface area contributed by atoms with Gasteiger partial charge in [0.05, 0.1) is 17.1 Å². The molecule has 4 rings (SSSR count). The number of carbonyl (C=O) groups excluding carboxylic acids is 3. The third-order valence-electron chi connectivity index (χ3n) is 6.68. The quantitative estimate of drug-likeness (QED) is 0.0696. The van der Waals surface area contributed by atoms with Crippen molar-refractivity contribution in [2.45, 2.75) is 79.1 Å². The number of nitrogens with zero attached hydrogens (tertiary/aromatic N) is 6. The van der Waals surface area contributed by atoms with Crippen molar-refractivity contribution in [3.8, 4) is 17.2 Å². The zero-order valence-electron chi connectivity index (χ0n) is 32.9. The van der Waals surface area contributed by atoms with Gasteiger partial charge in [-0.05, 0) is 135 Å². The first-order valence-corrected chi connectivity index (χ1v) is 17.4. The minimum atomic E-state index is -0.791. The number of rotatable bonds is 9. The van der Waals surface area contributed by atoms with Crippen LogP contribution in [0.1, 0.15) is 62.3 Å². The fourth-order valence-electron chi connectivity index (χ4n) is 4.38. The van der Waals surface area contributed by atoms with E-state index in [0.29, 0.717) is 17.1 Å². The van der Waals surface area contributed by atoms with Crippen LogP contribution in [0.2, 0.25) is 0 Å². The monoisotopic (exact) mass is 783 g/mol. The van der Waals surface area contributed by atoms with E-state index in [1.54, 1.807) is 62.3 Å². The van der Waals surface area contributed by atoms with Gasteiger partial charge in [-0.25, -0.2) is 14.4 Å². The minimum absolute atomic E-state index is 0.253. The molecule has 6 N–H and O–H groups in total. The maximum absolute atomic E-state index is 12.1. The Morgan fingerprint density at radius 3 is 0.807 bits per heavy atom. The number of amides is 3. The summed E-state index contributed by atoms with van der Waals surface area (Å²) < 4.78 is 15.8. The van der Waals surface area contributed by atoms with Crippen LogP contribution in [0.3, 0.4) is 0 Å². The molecule has 4 aromatic carbocycles. The molecule has 57 heavy (non-hydrogen) atoms. The van der Waals surface area contributed by atoms with Gasteiger partial charge < -0.3 is 29.5 Å². The fraction of sp³-hybridized carbons (Fsp3) is 0.308. The van der Waals surface area contributed by atoms with Crippen LogP contribution in [-0.2, 0) is 14.2 Å². The second-order valence-corrected chi connectivity index (χ2v) is 15.2. The molecule has 0 fully saturated rings. The number of anilines is 3. The van der Waals surface area contributed by atoms with Crippen molar-refractivity contribution in [1.82, 2.24) is 0 Å². The van der Waals surface area contributed by atoms with Gasteiger partial charge in [-0.2, -0.15) is 15.3 Å². The second kappa shape index (κ2) is 17.6. The predicted octanol–water partition coefficient (Wildman–Crippen LogP) is 12.1. The van der Waals surface area contributed by atoms with E-state index in [1.807, 2.05) is 0 Å². The van der Waals surface area contributed by atoms with Crippen LogP contribution < -0.4 is 16.0 Å². The number of benzene rings is 4. The molecule has 0 spiro atoms. The van der Waals surface area contributed by atoms with Crippen LogP contribution >= 0.6 is 0 Å². The van der Waals surface area contributed by atoms with Crippen molar-refractivity contribution in [2.75, 3.05) is 16.0 Å². The van der Waals surface area contributed by atoms with Crippen molar-refractivity contribution in [3.05, 3.63) is 72.8 Å². The maximum Gasteiger partial charge on any atom is 0.412 e. The van der Waals surface area contributed by atoms with Crippen LogP contribution in [0.5, 0.6) is 17.2 Å². The smallest absolute Gasteiger partial charge is 0.412 e. The average Bonchev–Trinajstić information content (AvgIpc) is 3.07. The van der Waals surface area contributed by atoms with Gasteiger partial charge in [0.25, 0.3) is 0 Å². The summed E-state index contributed by atoms with van der Waals surface area (Å²) in [5.41, 5.74) is -1.68. The molecule has 0 bridgehead atoms. The second-order valence-electron chi connectivity index (χ2n) is 15.2. The standard InChI is InChI=1S/C39H45N9O9/c1-37(2,3)55-34(52)40-22-10-16-25(17-11-22)43-46-28-31(49)29(47-44-26-18-12-23(13-19-26)41-35(53)56-38(4,5)6)33(51)30(32(28)50)48-45-27-20-14-24(15-21-27)42-36(54)57-39(7,8)9/h10-21,49-51H,1-9H3,(H,40,52)(H,41,53)(H,42,54). The number of hydrogen-bond donors (Lipinski definition) is 6. The third kappa shape index (κ3) is 13.6. The van der Waals surface area contributed by atoms with E-state index in [2.05, 4.69) is 46.6 Å². The Hall–Kier alpha value is -7.11. The molecule has 4 aromatic rings. The van der Waals surface area contributed by atoms with Gasteiger partial charge in [-0.1, -0.05) is 0 Å². The summed E-state index contributed by atoms with van der Waals surface area (Å²) in [6, 6.07) is 18.3. The van der Waals surface area contributed by atoms with Crippen molar-refractivity contribution < 1.29 is 43.9 Å². The first kappa shape index (κ1) is 42.6. The van der Waals surface area contributed by atoms with E-state index in [4.69, 9.17) is 14.2 Å². The van der Waals surface area contributed by atoms with E-state index in [0.717, 1.165) is 0 Å². The summed E-state index contributed by atoms with van der Waals surface area (Å²) in [5.74, 6) is -2.37. The van der Waals surface area contributed by atoms with Crippen LogP contribution in [0, 0.1) is 0 Å². The Balaban J connectivity index is 1.65. The highest BCUT2D eigenvalue weighted by Gasteiger charge is 2.25. The Labute approximate surface area is 328 Å². The molecule has 0 aliphatic carbocycles. The van der Waals surface area contributed by atoms with E-state index in [1.165, 1.54) is 72.8 Å². The van der Waals surface area contributed by atoms with Crippen molar-refractivity contribution >= 4 is 69.5 Å². The largest absolute Gasteiger partial charge is 0.504 e. The molecular formula is C39H45N9O9. The summed E-state index contributed by atoms with van der Waals surface area (Å²) in [7, 11) is 0. The zero-order valence-corrected chi connectivity index (χ0v) is 32.9. The molecule has 0 aliphatic rings. The molecule has 0 radical (unpaired) electrons. The normalized spacial score (nSPS) is 12.2. The van der Waals surface area contributed by atoms with Gasteiger partial charge in [0.2, 0.25) is 0 Å². The SMILES string of the molecule is CC(C)(C)OC(=O)Nc1ccc(N=Nc2c(O)c(N=Nc3ccc(NC(=O)OC(C)(C)C)cc3)c(O)c(N=Nc3ccc(NC(=O)OC(C)(C)C)cc3)c2O)cc1. The van der Waals surface area contributed by atoms with Crippen LogP contribution in [0.25, 0.3) is 0 Å². The van der Waals surface area contributed by atoms with Gasteiger partial charge in [0.1, 0.15) is 16.8 Å². The molecule has 18 heteroatoms. The lowest BCUT2D eigenvalue weighted by Crippen LogP contribution is -2.27. The lowest BCUT2D eigenvalue weighted by atomic mass is 10.2. The summed E-state index contributed by atoms with van der Waals surface area (Å²) in [6.07, 6.45) is -1.96. The van der Waals surface area contributed by atoms with Gasteiger partial charge in [0.15, 0.2) is 34.3 Å². The average molecular weight is 784 g/mol. The van der Waals surface area contributed by atoms with E-state index < -0.39 is 69.4 Å².